The van der Waals surface area contributed by atoms with Crippen LogP contribution in [0.1, 0.15) is 45.6 Å². The molecule has 0 unspecified atom stereocenters. The summed E-state index contributed by atoms with van der Waals surface area (Å²) in [5.41, 5.74) is 1.18. The fourth-order valence-electron chi connectivity index (χ4n) is 5.69. The van der Waals surface area contributed by atoms with E-state index in [2.05, 4.69) is 0 Å². The molecule has 10 N–H and O–H groups in total. The van der Waals surface area contributed by atoms with E-state index in [1.165, 1.54) is 36.4 Å². The van der Waals surface area contributed by atoms with Crippen LogP contribution in [-0.4, -0.2) is 63.3 Å². The molecule has 4 atom stereocenters. The monoisotopic (exact) mass is 592 g/mol. The van der Waals surface area contributed by atoms with Crippen LogP contribution < -0.4 is 9.47 Å². The minimum Gasteiger partial charge on any atom is -0.507 e. The molecule has 0 radical (unpaired) electrons. The van der Waals surface area contributed by atoms with Gasteiger partial charge in [-0.2, -0.15) is 0 Å². The van der Waals surface area contributed by atoms with Gasteiger partial charge in [0, 0.05) is 53.6 Å². The number of hydrogen-bond donors (Lipinski definition) is 10. The van der Waals surface area contributed by atoms with Gasteiger partial charge in [-0.05, 0) is 35.4 Å². The van der Waals surface area contributed by atoms with Crippen molar-refractivity contribution in [3.63, 3.8) is 0 Å². The SMILES string of the molecule is Oc1ccc([C@H]2Oc3c(Cc4c(O)cc(O)c5c4O[C@@H](c4ccc(O)c(O)c4)[C@H](O)C5)c(O)cc(O)c3C[C@H]2O)cc1O. The Morgan fingerprint density at radius 3 is 1.26 bits per heavy atom. The molecule has 2 aliphatic heterocycles. The number of aromatic hydroxyl groups is 8. The van der Waals surface area contributed by atoms with E-state index in [-0.39, 0.29) is 76.0 Å². The summed E-state index contributed by atoms with van der Waals surface area (Å²) >= 11 is 0. The second kappa shape index (κ2) is 10.3. The number of rotatable bonds is 4. The zero-order chi connectivity index (χ0) is 30.7. The quantitative estimate of drug-likeness (QED) is 0.155. The molecule has 12 heteroatoms. The fraction of sp³-hybridized carbons (Fsp3) is 0.226. The predicted octanol–water partition coefficient (Wildman–Crippen LogP) is 3.00. The van der Waals surface area contributed by atoms with Gasteiger partial charge in [-0.25, -0.2) is 0 Å². The van der Waals surface area contributed by atoms with Crippen LogP contribution in [0, 0.1) is 0 Å². The van der Waals surface area contributed by atoms with Gasteiger partial charge in [-0.1, -0.05) is 12.1 Å². The number of aliphatic hydroxyl groups is 2. The summed E-state index contributed by atoms with van der Waals surface area (Å²) in [5.74, 6) is -3.09. The normalized spacial score (nSPS) is 20.9. The highest BCUT2D eigenvalue weighted by atomic mass is 16.5. The lowest BCUT2D eigenvalue weighted by atomic mass is 9.88. The first kappa shape index (κ1) is 27.9. The average molecular weight is 593 g/mol. The molecule has 0 saturated carbocycles. The predicted molar refractivity (Wildman–Crippen MR) is 148 cm³/mol. The fourth-order valence-corrected chi connectivity index (χ4v) is 5.69. The largest absolute Gasteiger partial charge is 0.507 e. The molecule has 0 aromatic heterocycles. The van der Waals surface area contributed by atoms with Gasteiger partial charge in [0.25, 0.3) is 0 Å². The third-order valence-electron chi connectivity index (χ3n) is 7.90. The molecule has 4 aromatic rings. The van der Waals surface area contributed by atoms with Crippen molar-refractivity contribution >= 4 is 0 Å². The zero-order valence-corrected chi connectivity index (χ0v) is 22.3. The Bertz CT molecular complexity index is 1620. The van der Waals surface area contributed by atoms with Gasteiger partial charge in [-0.3, -0.25) is 0 Å². The molecule has 0 aliphatic carbocycles. The molecule has 2 aliphatic rings. The van der Waals surface area contributed by atoms with Gasteiger partial charge in [-0.15, -0.1) is 0 Å². The minimum atomic E-state index is -1.18. The van der Waals surface area contributed by atoms with Gasteiger partial charge in [0.1, 0.15) is 46.7 Å². The highest BCUT2D eigenvalue weighted by molar-refractivity contribution is 5.64. The van der Waals surface area contributed by atoms with Crippen molar-refractivity contribution in [3.8, 4) is 57.5 Å². The second-order valence-electron chi connectivity index (χ2n) is 10.7. The molecule has 12 nitrogen and oxygen atoms in total. The van der Waals surface area contributed by atoms with Crippen LogP contribution in [0.15, 0.2) is 48.5 Å². The molecule has 2 heterocycles. The van der Waals surface area contributed by atoms with Crippen LogP contribution in [0.3, 0.4) is 0 Å². The maximum atomic E-state index is 11.0. The molecule has 0 bridgehead atoms. The number of hydrogen-bond acceptors (Lipinski definition) is 12. The Morgan fingerprint density at radius 2 is 0.884 bits per heavy atom. The van der Waals surface area contributed by atoms with Gasteiger partial charge in [0.15, 0.2) is 23.0 Å². The topological polar surface area (TPSA) is 221 Å². The highest BCUT2D eigenvalue weighted by Crippen LogP contribution is 2.51. The smallest absolute Gasteiger partial charge is 0.157 e. The van der Waals surface area contributed by atoms with Gasteiger partial charge in [0.2, 0.25) is 0 Å². The molecular formula is C31H28O12. The second-order valence-corrected chi connectivity index (χ2v) is 10.7. The Balaban J connectivity index is 1.43. The van der Waals surface area contributed by atoms with E-state index in [9.17, 15) is 51.1 Å². The van der Waals surface area contributed by atoms with E-state index in [0.29, 0.717) is 11.1 Å². The summed E-state index contributed by atoms with van der Waals surface area (Å²) in [5, 5.41) is 104. The summed E-state index contributed by atoms with van der Waals surface area (Å²) in [4.78, 5) is 0. The van der Waals surface area contributed by atoms with E-state index < -0.39 is 47.4 Å². The van der Waals surface area contributed by atoms with E-state index >= 15 is 0 Å². The summed E-state index contributed by atoms with van der Waals surface area (Å²) in [6.45, 7) is 0. The van der Waals surface area contributed by atoms with E-state index in [0.717, 1.165) is 12.1 Å². The average Bonchev–Trinajstić information content (AvgIpc) is 2.95. The minimum absolute atomic E-state index is 0.0115. The lowest BCUT2D eigenvalue weighted by Crippen LogP contribution is -2.31. The van der Waals surface area contributed by atoms with Crippen LogP contribution in [-0.2, 0) is 19.3 Å². The lowest BCUT2D eigenvalue weighted by Gasteiger charge is -2.34. The summed E-state index contributed by atoms with van der Waals surface area (Å²) in [7, 11) is 0. The molecule has 43 heavy (non-hydrogen) atoms. The van der Waals surface area contributed by atoms with Crippen molar-refractivity contribution in [2.24, 2.45) is 0 Å². The molecular weight excluding hydrogens is 564 g/mol. The van der Waals surface area contributed by atoms with E-state index in [1.54, 1.807) is 0 Å². The number of aliphatic hydroxyl groups excluding tert-OH is 2. The Morgan fingerprint density at radius 1 is 0.488 bits per heavy atom. The molecule has 6 rings (SSSR count). The van der Waals surface area contributed by atoms with Crippen molar-refractivity contribution in [1.82, 2.24) is 0 Å². The van der Waals surface area contributed by atoms with Crippen LogP contribution in [0.25, 0.3) is 0 Å². The van der Waals surface area contributed by atoms with Crippen LogP contribution in [0.5, 0.6) is 57.5 Å². The summed E-state index contributed by atoms with van der Waals surface area (Å²) in [6, 6.07) is 9.94. The van der Waals surface area contributed by atoms with Crippen molar-refractivity contribution in [2.45, 2.75) is 43.7 Å². The zero-order valence-electron chi connectivity index (χ0n) is 22.3. The van der Waals surface area contributed by atoms with Crippen molar-refractivity contribution in [3.05, 3.63) is 81.9 Å². The first-order valence-electron chi connectivity index (χ1n) is 13.3. The van der Waals surface area contributed by atoms with Crippen LogP contribution in [0.2, 0.25) is 0 Å². The number of benzene rings is 4. The van der Waals surface area contributed by atoms with Gasteiger partial charge in [0.05, 0.1) is 12.2 Å². The summed E-state index contributed by atoms with van der Waals surface area (Å²) in [6.07, 6.45) is -4.96. The Hall–Kier alpha value is -5.20. The maximum Gasteiger partial charge on any atom is 0.157 e. The van der Waals surface area contributed by atoms with E-state index in [4.69, 9.17) is 9.47 Å². The highest BCUT2D eigenvalue weighted by Gasteiger charge is 2.38. The molecule has 0 spiro atoms. The van der Waals surface area contributed by atoms with Gasteiger partial charge >= 0.3 is 0 Å². The number of phenols is 8. The number of fused-ring (bicyclic) bond motifs is 2. The van der Waals surface area contributed by atoms with Crippen molar-refractivity contribution in [2.75, 3.05) is 0 Å². The molecule has 4 aromatic carbocycles. The van der Waals surface area contributed by atoms with Crippen molar-refractivity contribution < 1.29 is 60.5 Å². The van der Waals surface area contributed by atoms with Gasteiger partial charge < -0.3 is 60.5 Å². The molecule has 0 amide bonds. The third-order valence-corrected chi connectivity index (χ3v) is 7.90. The molecule has 224 valence electrons. The third kappa shape index (κ3) is 4.76. The van der Waals surface area contributed by atoms with E-state index in [1.807, 2.05) is 0 Å². The first-order chi connectivity index (χ1) is 20.4. The first-order valence-corrected chi connectivity index (χ1v) is 13.3. The van der Waals surface area contributed by atoms with Crippen LogP contribution >= 0.6 is 0 Å². The Kier molecular flexibility index (Phi) is 6.67. The van der Waals surface area contributed by atoms with Crippen molar-refractivity contribution in [1.29, 1.82) is 0 Å². The number of ether oxygens (including phenoxy) is 2. The molecule has 0 saturated heterocycles. The Labute approximate surface area is 243 Å². The standard InChI is InChI=1S/C31H28O12/c32-18-3-1-12(5-24(18)38)28-26(40)8-16-22(36)10-20(34)14(30(16)42-28)7-15-21(35)11-23(37)17-9-27(41)29(43-31(15)17)13-2-4-19(33)25(39)6-13/h1-6,10-11,26-29,32-41H,7-9H2/t26-,27-,28-,29+/m1/s1. The molecule has 0 fully saturated rings. The summed E-state index contributed by atoms with van der Waals surface area (Å²) < 4.78 is 12.2. The van der Waals surface area contributed by atoms with Crippen LogP contribution in [0.4, 0.5) is 0 Å². The maximum absolute atomic E-state index is 11.0. The number of phenolic OH excluding ortho intramolecular Hbond substituents is 8. The lowest BCUT2D eigenvalue weighted by molar-refractivity contribution is 0.0181.